The number of benzene rings is 2. The lowest BCUT2D eigenvalue weighted by atomic mass is 9.76. The van der Waals surface area contributed by atoms with Crippen LogP contribution in [0, 0.1) is 17.7 Å². The van der Waals surface area contributed by atoms with Crippen molar-refractivity contribution in [3.8, 4) is 0 Å². The first-order chi connectivity index (χ1) is 19.1. The minimum Gasteiger partial charge on any atom is -0.480 e. The molecule has 1 saturated heterocycles. The predicted octanol–water partition coefficient (Wildman–Crippen LogP) is 7.38. The molecule has 2 aromatic carbocycles. The Morgan fingerprint density at radius 1 is 0.900 bits per heavy atom. The monoisotopic (exact) mass is 561 g/mol. The topological polar surface area (TPSA) is 74.7 Å². The van der Waals surface area contributed by atoms with Crippen LogP contribution in [0.15, 0.2) is 66.0 Å². The minimum atomic E-state index is -1.24. The molecule has 1 aliphatic heterocycles. The van der Waals surface area contributed by atoms with E-state index in [2.05, 4.69) is 20.8 Å². The van der Waals surface area contributed by atoms with Gasteiger partial charge in [0.15, 0.2) is 5.78 Å². The van der Waals surface area contributed by atoms with E-state index < -0.39 is 35.7 Å². The summed E-state index contributed by atoms with van der Waals surface area (Å²) < 4.78 is 14.0. The third-order valence-corrected chi connectivity index (χ3v) is 9.45. The van der Waals surface area contributed by atoms with Crippen molar-refractivity contribution < 1.29 is 23.9 Å². The quantitative estimate of drug-likeness (QED) is 0.319. The van der Waals surface area contributed by atoms with Crippen molar-refractivity contribution in [1.82, 2.24) is 4.90 Å². The molecule has 2 fully saturated rings. The molecule has 2 aliphatic rings. The average Bonchev–Trinajstić information content (AvgIpc) is 3.60. The first kappa shape index (κ1) is 28.2. The molecule has 0 spiro atoms. The molecule has 4 unspecified atom stereocenters. The molecule has 3 aromatic rings. The Kier molecular flexibility index (Phi) is 7.96. The molecular weight excluding hydrogens is 525 g/mol. The second kappa shape index (κ2) is 11.3. The summed E-state index contributed by atoms with van der Waals surface area (Å²) >= 11 is 1.31. The maximum absolute atomic E-state index is 14.3. The molecule has 5 rings (SSSR count). The molecule has 1 saturated carbocycles. The molecule has 1 aliphatic carbocycles. The summed E-state index contributed by atoms with van der Waals surface area (Å²) in [6, 6.07) is 15.1. The van der Waals surface area contributed by atoms with Crippen molar-refractivity contribution >= 4 is 29.0 Å². The zero-order chi connectivity index (χ0) is 28.6. The molecule has 1 amide bonds. The highest BCUT2D eigenvalue weighted by Crippen LogP contribution is 2.52. The van der Waals surface area contributed by atoms with Gasteiger partial charge in [0.05, 0.1) is 16.8 Å². The molecule has 210 valence electrons. The molecule has 7 heteroatoms. The maximum atomic E-state index is 14.3. The van der Waals surface area contributed by atoms with Crippen molar-refractivity contribution in [1.29, 1.82) is 0 Å². The number of carbonyl (C=O) groups is 3. The van der Waals surface area contributed by atoms with Crippen LogP contribution in [-0.4, -0.2) is 33.7 Å². The molecule has 2 heterocycles. The van der Waals surface area contributed by atoms with Crippen LogP contribution in [0.2, 0.25) is 0 Å². The van der Waals surface area contributed by atoms with Crippen molar-refractivity contribution in [3.63, 3.8) is 0 Å². The normalized spacial score (nSPS) is 23.8. The summed E-state index contributed by atoms with van der Waals surface area (Å²) in [6.07, 6.45) is 4.28. The van der Waals surface area contributed by atoms with Gasteiger partial charge >= 0.3 is 5.97 Å². The standard InChI is InChI=1S/C33H36FNO4S/c1-33(2,3)23-15-11-20(12-16-23)26-27(30(36)25-10-7-19-40-25)28(21-13-17-24(34)18-14-21)35(29(26)32(38)39)31(37)22-8-5-4-6-9-22/h7,10-19,22,26-29H,4-6,8-9H2,1-3H3,(H,38,39). The third-order valence-electron chi connectivity index (χ3n) is 8.57. The van der Waals surface area contributed by atoms with Crippen LogP contribution in [0.25, 0.3) is 0 Å². The highest BCUT2D eigenvalue weighted by Gasteiger charge is 2.58. The number of amides is 1. The molecule has 4 atom stereocenters. The first-order valence-corrected chi connectivity index (χ1v) is 14.9. The third kappa shape index (κ3) is 5.36. The Labute approximate surface area is 239 Å². The number of halogens is 1. The van der Waals surface area contributed by atoms with Crippen LogP contribution < -0.4 is 0 Å². The van der Waals surface area contributed by atoms with Crippen LogP contribution in [0.1, 0.15) is 91.2 Å². The number of ketones is 1. The lowest BCUT2D eigenvalue weighted by Gasteiger charge is -2.34. The van der Waals surface area contributed by atoms with Gasteiger partial charge in [-0.1, -0.05) is 82.5 Å². The average molecular weight is 562 g/mol. The molecule has 40 heavy (non-hydrogen) atoms. The summed E-state index contributed by atoms with van der Waals surface area (Å²) in [6.45, 7) is 6.32. The van der Waals surface area contributed by atoms with Gasteiger partial charge in [-0.25, -0.2) is 9.18 Å². The van der Waals surface area contributed by atoms with E-state index in [1.165, 1.54) is 28.4 Å². The van der Waals surface area contributed by atoms with Crippen molar-refractivity contribution in [3.05, 3.63) is 93.4 Å². The molecule has 0 bridgehead atoms. The lowest BCUT2D eigenvalue weighted by molar-refractivity contribution is -0.152. The Morgan fingerprint density at radius 2 is 1.52 bits per heavy atom. The van der Waals surface area contributed by atoms with Gasteiger partial charge in [0, 0.05) is 11.8 Å². The van der Waals surface area contributed by atoms with E-state index >= 15 is 0 Å². The number of aliphatic carboxylic acids is 1. The number of carboxylic acid groups (broad SMARTS) is 1. The first-order valence-electron chi connectivity index (χ1n) is 14.1. The van der Waals surface area contributed by atoms with Crippen LogP contribution >= 0.6 is 11.3 Å². The van der Waals surface area contributed by atoms with Crippen LogP contribution in [0.3, 0.4) is 0 Å². The number of Topliss-reactive ketones (excluding diaryl/α,β-unsaturated/α-hetero) is 1. The Hall–Kier alpha value is -3.32. The summed E-state index contributed by atoms with van der Waals surface area (Å²) in [5, 5.41) is 12.5. The lowest BCUT2D eigenvalue weighted by Crippen LogP contribution is -2.46. The van der Waals surface area contributed by atoms with E-state index in [-0.39, 0.29) is 23.0 Å². The second-order valence-electron chi connectivity index (χ2n) is 12.1. The fourth-order valence-electron chi connectivity index (χ4n) is 6.53. The zero-order valence-electron chi connectivity index (χ0n) is 23.2. The van der Waals surface area contributed by atoms with Crippen molar-refractivity contribution in [2.45, 2.75) is 76.3 Å². The number of carboxylic acids is 1. The molecular formula is C33H36FNO4S. The zero-order valence-corrected chi connectivity index (χ0v) is 24.0. The van der Waals surface area contributed by atoms with E-state index in [1.54, 1.807) is 24.3 Å². The van der Waals surface area contributed by atoms with E-state index in [4.69, 9.17) is 0 Å². The molecule has 1 N–H and O–H groups in total. The van der Waals surface area contributed by atoms with Gasteiger partial charge in [-0.2, -0.15) is 0 Å². The van der Waals surface area contributed by atoms with E-state index in [0.29, 0.717) is 28.8 Å². The SMILES string of the molecule is CC(C)(C)c1ccc(C2C(C(=O)c3cccs3)C(c3ccc(F)cc3)N(C(=O)C3CCCCC3)C2C(=O)O)cc1. The van der Waals surface area contributed by atoms with Crippen LogP contribution in [0.4, 0.5) is 4.39 Å². The van der Waals surface area contributed by atoms with Gasteiger partial charge in [-0.05, 0) is 58.5 Å². The number of thiophene rings is 1. The fraction of sp³-hybridized carbons (Fsp3) is 0.424. The summed E-state index contributed by atoms with van der Waals surface area (Å²) in [5.74, 6) is -3.90. The Bertz CT molecular complexity index is 1350. The number of hydrogen-bond acceptors (Lipinski definition) is 4. The number of rotatable bonds is 6. The summed E-state index contributed by atoms with van der Waals surface area (Å²) in [5.41, 5.74) is 2.26. The molecule has 5 nitrogen and oxygen atoms in total. The van der Waals surface area contributed by atoms with Gasteiger partial charge in [-0.15, -0.1) is 11.3 Å². The molecule has 1 aromatic heterocycles. The van der Waals surface area contributed by atoms with E-state index in [1.807, 2.05) is 29.6 Å². The van der Waals surface area contributed by atoms with Gasteiger partial charge in [-0.3, -0.25) is 9.59 Å². The summed E-state index contributed by atoms with van der Waals surface area (Å²) in [7, 11) is 0. The van der Waals surface area contributed by atoms with Gasteiger partial charge in [0.25, 0.3) is 0 Å². The minimum absolute atomic E-state index is 0.105. The van der Waals surface area contributed by atoms with Gasteiger partial charge in [0.2, 0.25) is 5.91 Å². The van der Waals surface area contributed by atoms with Gasteiger partial charge < -0.3 is 10.0 Å². The van der Waals surface area contributed by atoms with Gasteiger partial charge in [0.1, 0.15) is 11.9 Å². The smallest absolute Gasteiger partial charge is 0.327 e. The molecule has 0 radical (unpaired) electrons. The number of carbonyl (C=O) groups excluding carboxylic acids is 2. The van der Waals surface area contributed by atoms with E-state index in [0.717, 1.165) is 24.8 Å². The van der Waals surface area contributed by atoms with Crippen LogP contribution in [-0.2, 0) is 15.0 Å². The Balaban J connectivity index is 1.71. The second-order valence-corrected chi connectivity index (χ2v) is 13.1. The highest BCUT2D eigenvalue weighted by molar-refractivity contribution is 7.12. The summed E-state index contributed by atoms with van der Waals surface area (Å²) in [4.78, 5) is 43.7. The van der Waals surface area contributed by atoms with Crippen LogP contribution in [0.5, 0.6) is 0 Å². The fourth-order valence-corrected chi connectivity index (χ4v) is 7.24. The Morgan fingerprint density at radius 3 is 2.08 bits per heavy atom. The predicted molar refractivity (Wildman–Crippen MR) is 154 cm³/mol. The number of hydrogen-bond donors (Lipinski definition) is 1. The maximum Gasteiger partial charge on any atom is 0.327 e. The number of nitrogens with zero attached hydrogens (tertiary/aromatic N) is 1. The van der Waals surface area contributed by atoms with Crippen molar-refractivity contribution in [2.24, 2.45) is 11.8 Å². The van der Waals surface area contributed by atoms with Crippen molar-refractivity contribution in [2.75, 3.05) is 0 Å². The largest absolute Gasteiger partial charge is 0.480 e. The number of likely N-dealkylation sites (tertiary alicyclic amines) is 1. The highest BCUT2D eigenvalue weighted by atomic mass is 32.1. The van der Waals surface area contributed by atoms with E-state index in [9.17, 15) is 23.9 Å².